The van der Waals surface area contributed by atoms with E-state index in [9.17, 15) is 19.5 Å². The van der Waals surface area contributed by atoms with Gasteiger partial charge in [0.25, 0.3) is 0 Å². The van der Waals surface area contributed by atoms with Crippen LogP contribution in [0.2, 0.25) is 0 Å². The molecule has 0 aromatic rings. The van der Waals surface area contributed by atoms with Crippen molar-refractivity contribution < 1.29 is 38.2 Å². The lowest BCUT2D eigenvalue weighted by Gasteiger charge is -2.34. The molecule has 59 heavy (non-hydrogen) atoms. The minimum Gasteiger partial charge on any atom is -0.544 e. The lowest BCUT2D eigenvalue weighted by atomic mass is 10.0. The monoisotopic (exact) mass is 832 g/mol. The van der Waals surface area contributed by atoms with E-state index in [1.807, 2.05) is 0 Å². The molecule has 0 aromatic carbocycles. The van der Waals surface area contributed by atoms with Gasteiger partial charge >= 0.3 is 11.9 Å². The summed E-state index contributed by atoms with van der Waals surface area (Å²) < 4.78 is 17.2. The third-order valence-corrected chi connectivity index (χ3v) is 11.0. The lowest BCUT2D eigenvalue weighted by molar-refractivity contribution is -0.889. The molecule has 2 atom stereocenters. The molecular formula is C51H93NO7. The van der Waals surface area contributed by atoms with Crippen LogP contribution in [0.5, 0.6) is 0 Å². The Morgan fingerprint density at radius 3 is 1.41 bits per heavy atom. The van der Waals surface area contributed by atoms with Gasteiger partial charge in [-0.1, -0.05) is 192 Å². The van der Waals surface area contributed by atoms with Crippen molar-refractivity contribution in [3.8, 4) is 0 Å². The van der Waals surface area contributed by atoms with E-state index in [1.165, 1.54) is 128 Å². The van der Waals surface area contributed by atoms with Crippen LogP contribution in [0.15, 0.2) is 36.5 Å². The highest BCUT2D eigenvalue weighted by atomic mass is 16.6. The lowest BCUT2D eigenvalue weighted by Crippen LogP contribution is -2.55. The van der Waals surface area contributed by atoms with Gasteiger partial charge in [0.1, 0.15) is 12.6 Å². The van der Waals surface area contributed by atoms with E-state index in [4.69, 9.17) is 14.2 Å². The van der Waals surface area contributed by atoms with E-state index in [0.29, 0.717) is 12.8 Å². The summed E-state index contributed by atoms with van der Waals surface area (Å²) in [5.41, 5.74) is 0. The third kappa shape index (κ3) is 40.7. The summed E-state index contributed by atoms with van der Waals surface area (Å²) in [6, 6.07) is -0.724. The Hall–Kier alpha value is -2.45. The molecule has 0 heterocycles. The Labute approximate surface area is 364 Å². The first kappa shape index (κ1) is 56.5. The summed E-state index contributed by atoms with van der Waals surface area (Å²) in [5, 5.41) is 11.6. The molecule has 0 N–H and O–H groups in total. The molecule has 0 aliphatic carbocycles. The fourth-order valence-corrected chi connectivity index (χ4v) is 7.26. The molecule has 0 saturated heterocycles. The summed E-state index contributed by atoms with van der Waals surface area (Å²) in [5.74, 6) is -1.73. The number of nitrogens with zero attached hydrogens (tertiary/aromatic N) is 1. The Kier molecular flexibility index (Phi) is 40.5. The number of likely N-dealkylation sites (N-methyl/N-ethyl adjacent to an activating group) is 1. The van der Waals surface area contributed by atoms with Crippen LogP contribution in [-0.2, 0) is 28.6 Å². The van der Waals surface area contributed by atoms with Crippen LogP contribution in [-0.4, -0.2) is 75.5 Å². The predicted molar refractivity (Wildman–Crippen MR) is 245 cm³/mol. The van der Waals surface area contributed by atoms with Crippen LogP contribution in [0, 0.1) is 0 Å². The minimum atomic E-state index is -1.12. The van der Waals surface area contributed by atoms with E-state index in [1.54, 1.807) is 21.1 Å². The summed E-state index contributed by atoms with van der Waals surface area (Å²) >= 11 is 0. The summed E-state index contributed by atoms with van der Waals surface area (Å²) in [6.45, 7) is 4.58. The number of quaternary nitrogens is 1. The Morgan fingerprint density at radius 1 is 0.525 bits per heavy atom. The predicted octanol–water partition coefficient (Wildman–Crippen LogP) is 12.5. The van der Waals surface area contributed by atoms with E-state index in [2.05, 4.69) is 50.3 Å². The number of carboxylic acids is 1. The smallest absolute Gasteiger partial charge is 0.306 e. The van der Waals surface area contributed by atoms with Gasteiger partial charge in [-0.25, -0.2) is 0 Å². The average Bonchev–Trinajstić information content (AvgIpc) is 3.19. The first-order valence-electron chi connectivity index (χ1n) is 24.5. The highest BCUT2D eigenvalue weighted by Gasteiger charge is 2.25. The second-order valence-electron chi connectivity index (χ2n) is 17.7. The van der Waals surface area contributed by atoms with Crippen LogP contribution in [0.4, 0.5) is 0 Å². The van der Waals surface area contributed by atoms with Gasteiger partial charge in [-0.2, -0.15) is 0 Å². The minimum absolute atomic E-state index is 0.0429. The molecule has 0 aliphatic rings. The van der Waals surface area contributed by atoms with E-state index in [-0.39, 0.29) is 42.7 Å². The van der Waals surface area contributed by atoms with Crippen LogP contribution >= 0.6 is 0 Å². The number of carbonyl (C=O) groups excluding carboxylic acids is 3. The maximum atomic E-state index is 12.8. The van der Waals surface area contributed by atoms with Crippen molar-refractivity contribution in [3.05, 3.63) is 36.5 Å². The van der Waals surface area contributed by atoms with Gasteiger partial charge in [-0.15, -0.1) is 0 Å². The first-order chi connectivity index (χ1) is 28.6. The molecule has 344 valence electrons. The van der Waals surface area contributed by atoms with Crippen molar-refractivity contribution in [2.75, 3.05) is 41.0 Å². The summed E-state index contributed by atoms with van der Waals surface area (Å²) in [7, 11) is 5.42. The molecule has 0 bridgehead atoms. The molecule has 0 amide bonds. The second kappa shape index (κ2) is 42.2. The third-order valence-electron chi connectivity index (χ3n) is 11.0. The first-order valence-corrected chi connectivity index (χ1v) is 24.5. The molecule has 0 saturated carbocycles. The number of carbonyl (C=O) groups is 3. The highest BCUT2D eigenvalue weighted by Crippen LogP contribution is 2.16. The van der Waals surface area contributed by atoms with Crippen LogP contribution < -0.4 is 5.11 Å². The molecular weight excluding hydrogens is 739 g/mol. The standard InChI is InChI=1S/C51H93NO7/c1-6-8-10-12-14-16-18-20-22-23-24-25-26-27-28-30-32-34-36-38-40-42-50(54)59-47(45-57-44-43-48(51(55)56)52(3,4)5)46-58-49(53)41-39-37-35-33-31-29-21-19-17-15-13-11-9-7-2/h8,10,14,16,20,22,47-48H,6-7,9,11-13,15,17-19,21,23-46H2,1-5H3/b10-8+,16-14+,22-20+. The van der Waals surface area contributed by atoms with Gasteiger partial charge in [-0.3, -0.25) is 9.59 Å². The molecule has 0 fully saturated rings. The zero-order valence-electron chi connectivity index (χ0n) is 39.2. The van der Waals surface area contributed by atoms with Crippen LogP contribution in [0.25, 0.3) is 0 Å². The van der Waals surface area contributed by atoms with Gasteiger partial charge in [0.2, 0.25) is 0 Å². The Balaban J connectivity index is 4.23. The maximum absolute atomic E-state index is 12.8. The number of allylic oxidation sites excluding steroid dienone is 6. The molecule has 0 aliphatic heterocycles. The SMILES string of the molecule is CC/C=C/C/C=C/C/C=C/CCCCCCCCCCCCCC(=O)OC(COCCC(C(=O)[O-])[N+](C)(C)C)COC(=O)CCCCCCCCCCCCCCCC. The number of hydrogen-bond acceptors (Lipinski definition) is 7. The van der Waals surface area contributed by atoms with Gasteiger partial charge in [0, 0.05) is 19.3 Å². The molecule has 0 aromatic heterocycles. The molecule has 0 radical (unpaired) electrons. The zero-order chi connectivity index (χ0) is 43.5. The number of rotatable bonds is 44. The molecule has 0 spiro atoms. The quantitative estimate of drug-likeness (QED) is 0.0261. The van der Waals surface area contributed by atoms with Gasteiger partial charge < -0.3 is 28.6 Å². The average molecular weight is 832 g/mol. The number of ether oxygens (including phenoxy) is 3. The number of esters is 2. The Morgan fingerprint density at radius 2 is 0.949 bits per heavy atom. The molecule has 8 heteroatoms. The van der Waals surface area contributed by atoms with Crippen molar-refractivity contribution in [3.63, 3.8) is 0 Å². The van der Waals surface area contributed by atoms with Crippen LogP contribution in [0.1, 0.15) is 219 Å². The maximum Gasteiger partial charge on any atom is 0.306 e. The number of carboxylic acid groups (broad SMARTS) is 1. The Bertz CT molecular complexity index is 1060. The largest absolute Gasteiger partial charge is 0.544 e. The number of unbranched alkanes of at least 4 members (excludes halogenated alkanes) is 24. The van der Waals surface area contributed by atoms with E-state index in [0.717, 1.165) is 57.8 Å². The molecule has 2 unspecified atom stereocenters. The summed E-state index contributed by atoms with van der Waals surface area (Å²) in [6.07, 6.45) is 48.8. The van der Waals surface area contributed by atoms with Crippen molar-refractivity contribution in [1.29, 1.82) is 0 Å². The van der Waals surface area contributed by atoms with Gasteiger partial charge in [0.05, 0.1) is 40.3 Å². The second-order valence-corrected chi connectivity index (χ2v) is 17.7. The van der Waals surface area contributed by atoms with Crippen LogP contribution in [0.3, 0.4) is 0 Å². The molecule has 0 rings (SSSR count). The fourth-order valence-electron chi connectivity index (χ4n) is 7.26. The molecule has 8 nitrogen and oxygen atoms in total. The summed E-state index contributed by atoms with van der Waals surface area (Å²) in [4.78, 5) is 37.0. The van der Waals surface area contributed by atoms with Crippen molar-refractivity contribution in [1.82, 2.24) is 0 Å². The van der Waals surface area contributed by atoms with Crippen molar-refractivity contribution in [2.45, 2.75) is 231 Å². The number of aliphatic carboxylic acids is 1. The van der Waals surface area contributed by atoms with E-state index >= 15 is 0 Å². The number of hydrogen-bond donors (Lipinski definition) is 0. The fraction of sp³-hybridized carbons (Fsp3) is 0.824. The van der Waals surface area contributed by atoms with Crippen molar-refractivity contribution in [2.24, 2.45) is 0 Å². The van der Waals surface area contributed by atoms with Gasteiger partial charge in [0.15, 0.2) is 6.10 Å². The normalized spacial score (nSPS) is 13.2. The van der Waals surface area contributed by atoms with Gasteiger partial charge in [-0.05, 0) is 44.9 Å². The zero-order valence-corrected chi connectivity index (χ0v) is 39.2. The van der Waals surface area contributed by atoms with Crippen molar-refractivity contribution >= 4 is 17.9 Å². The van der Waals surface area contributed by atoms with E-state index < -0.39 is 18.1 Å². The highest BCUT2D eigenvalue weighted by molar-refractivity contribution is 5.70. The topological polar surface area (TPSA) is 102 Å².